The van der Waals surface area contributed by atoms with E-state index in [1.807, 2.05) is 13.0 Å². The number of allylic oxidation sites excluding steroid dienone is 2. The van der Waals surface area contributed by atoms with Crippen molar-refractivity contribution >= 4 is 15.7 Å². The van der Waals surface area contributed by atoms with Crippen LogP contribution in [-0.2, 0) is 10.0 Å². The summed E-state index contributed by atoms with van der Waals surface area (Å²) < 4.78 is 28.1. The molecule has 0 aliphatic heterocycles. The lowest BCUT2D eigenvalue weighted by Gasteiger charge is -2.12. The molecule has 0 radical (unpaired) electrons. The van der Waals surface area contributed by atoms with Crippen molar-refractivity contribution in [1.82, 2.24) is 0 Å². The van der Waals surface area contributed by atoms with Crippen LogP contribution in [0.15, 0.2) is 45.7 Å². The zero-order chi connectivity index (χ0) is 13.4. The molecule has 4 heteroatoms. The molecule has 1 aromatic rings. The van der Waals surface area contributed by atoms with Crippen LogP contribution in [0.25, 0.3) is 0 Å². The summed E-state index contributed by atoms with van der Waals surface area (Å²) in [5, 5.41) is 0. The molecule has 96 valence electrons. The standard InChI is InChI=1S/C14H17NO2S/c1-11-4-6-13(7-5-11)18(16,17)15-12-8-9-14(2,3)10-12/h4-9H,10H2,1-3H3/b15-12+. The molecule has 0 amide bonds. The number of benzene rings is 1. The molecule has 0 saturated carbocycles. The zero-order valence-electron chi connectivity index (χ0n) is 10.8. The van der Waals surface area contributed by atoms with Gasteiger partial charge in [-0.05, 0) is 37.0 Å². The average molecular weight is 263 g/mol. The van der Waals surface area contributed by atoms with E-state index in [0.29, 0.717) is 12.1 Å². The summed E-state index contributed by atoms with van der Waals surface area (Å²) in [7, 11) is -3.57. The van der Waals surface area contributed by atoms with E-state index in [-0.39, 0.29) is 10.3 Å². The summed E-state index contributed by atoms with van der Waals surface area (Å²) in [5.41, 5.74) is 1.66. The van der Waals surface area contributed by atoms with Crippen LogP contribution < -0.4 is 0 Å². The van der Waals surface area contributed by atoms with Gasteiger partial charge in [-0.1, -0.05) is 37.6 Å². The van der Waals surface area contributed by atoms with Gasteiger partial charge < -0.3 is 0 Å². The van der Waals surface area contributed by atoms with E-state index in [0.717, 1.165) is 5.56 Å². The fourth-order valence-corrected chi connectivity index (χ4v) is 2.91. The van der Waals surface area contributed by atoms with Gasteiger partial charge in [0.05, 0.1) is 10.6 Å². The summed E-state index contributed by atoms with van der Waals surface area (Å²) in [6, 6.07) is 6.75. The number of aryl methyl sites for hydroxylation is 1. The molecule has 18 heavy (non-hydrogen) atoms. The molecule has 0 atom stereocenters. The third kappa shape index (κ3) is 2.88. The van der Waals surface area contributed by atoms with Gasteiger partial charge in [0, 0.05) is 0 Å². The largest absolute Gasteiger partial charge is 0.282 e. The van der Waals surface area contributed by atoms with E-state index in [1.54, 1.807) is 30.3 Å². The molecule has 0 N–H and O–H groups in total. The number of hydrogen-bond acceptors (Lipinski definition) is 2. The minimum Gasteiger partial charge on any atom is -0.199 e. The van der Waals surface area contributed by atoms with E-state index in [2.05, 4.69) is 18.2 Å². The third-order valence-electron chi connectivity index (χ3n) is 2.92. The Bertz CT molecular complexity index is 608. The Labute approximate surface area is 108 Å². The third-order valence-corrected chi connectivity index (χ3v) is 4.26. The van der Waals surface area contributed by atoms with Crippen LogP contribution in [0.3, 0.4) is 0 Å². The summed E-state index contributed by atoms with van der Waals surface area (Å²) in [4.78, 5) is 0.249. The molecule has 0 aromatic heterocycles. The fraction of sp³-hybridized carbons (Fsp3) is 0.357. The normalized spacial score (nSPS) is 20.5. The monoisotopic (exact) mass is 263 g/mol. The van der Waals surface area contributed by atoms with Gasteiger partial charge in [-0.2, -0.15) is 12.8 Å². The highest BCUT2D eigenvalue weighted by Crippen LogP contribution is 2.29. The predicted molar refractivity (Wildman–Crippen MR) is 73.3 cm³/mol. The molecule has 0 heterocycles. The first-order valence-corrected chi connectivity index (χ1v) is 7.32. The number of hydrogen-bond donors (Lipinski definition) is 0. The van der Waals surface area contributed by atoms with Gasteiger partial charge in [0.1, 0.15) is 0 Å². The molecular weight excluding hydrogens is 246 g/mol. The molecule has 0 unspecified atom stereocenters. The highest BCUT2D eigenvalue weighted by molar-refractivity contribution is 7.90. The number of rotatable bonds is 2. The first-order valence-electron chi connectivity index (χ1n) is 5.88. The van der Waals surface area contributed by atoms with Crippen LogP contribution in [0, 0.1) is 12.3 Å². The van der Waals surface area contributed by atoms with Crippen LogP contribution in [-0.4, -0.2) is 14.1 Å². The van der Waals surface area contributed by atoms with Crippen LogP contribution in [0.4, 0.5) is 0 Å². The van der Waals surface area contributed by atoms with Crippen molar-refractivity contribution in [2.75, 3.05) is 0 Å². The maximum atomic E-state index is 12.1. The van der Waals surface area contributed by atoms with Gasteiger partial charge in [0.15, 0.2) is 0 Å². The molecule has 0 spiro atoms. The van der Waals surface area contributed by atoms with Crippen molar-refractivity contribution in [3.05, 3.63) is 42.0 Å². The summed E-state index contributed by atoms with van der Waals surface area (Å²) in [6.07, 6.45) is 4.46. The van der Waals surface area contributed by atoms with Crippen molar-refractivity contribution in [1.29, 1.82) is 0 Å². The molecule has 2 rings (SSSR count). The van der Waals surface area contributed by atoms with Crippen molar-refractivity contribution in [3.8, 4) is 0 Å². The highest BCUT2D eigenvalue weighted by atomic mass is 32.2. The average Bonchev–Trinajstić information content (AvgIpc) is 2.57. The lowest BCUT2D eigenvalue weighted by atomic mass is 9.93. The van der Waals surface area contributed by atoms with Gasteiger partial charge in [0.25, 0.3) is 10.0 Å². The summed E-state index contributed by atoms with van der Waals surface area (Å²) in [5.74, 6) is 0. The molecule has 1 aliphatic carbocycles. The maximum Gasteiger partial charge on any atom is 0.282 e. The molecule has 1 aliphatic rings. The Morgan fingerprint density at radius 1 is 1.17 bits per heavy atom. The lowest BCUT2D eigenvalue weighted by molar-refractivity contribution is 0.518. The van der Waals surface area contributed by atoms with E-state index >= 15 is 0 Å². The zero-order valence-corrected chi connectivity index (χ0v) is 11.7. The molecular formula is C14H17NO2S. The van der Waals surface area contributed by atoms with Crippen LogP contribution in [0.5, 0.6) is 0 Å². The SMILES string of the molecule is Cc1ccc(S(=O)(=O)/N=C2\C=CC(C)(C)C2)cc1. The van der Waals surface area contributed by atoms with E-state index in [9.17, 15) is 8.42 Å². The predicted octanol–water partition coefficient (Wildman–Crippen LogP) is 3.11. The maximum absolute atomic E-state index is 12.1. The summed E-state index contributed by atoms with van der Waals surface area (Å²) in [6.45, 7) is 6.04. The minimum absolute atomic E-state index is 0.00162. The Kier molecular flexibility index (Phi) is 3.15. The second-order valence-electron chi connectivity index (χ2n) is 5.37. The van der Waals surface area contributed by atoms with Crippen molar-refractivity contribution in [3.63, 3.8) is 0 Å². The first kappa shape index (κ1) is 13.0. The van der Waals surface area contributed by atoms with Crippen LogP contribution in [0.2, 0.25) is 0 Å². The van der Waals surface area contributed by atoms with Gasteiger partial charge in [0.2, 0.25) is 0 Å². The smallest absolute Gasteiger partial charge is 0.199 e. The van der Waals surface area contributed by atoms with Crippen LogP contribution >= 0.6 is 0 Å². The molecule has 0 fully saturated rings. The van der Waals surface area contributed by atoms with E-state index < -0.39 is 10.0 Å². The van der Waals surface area contributed by atoms with Gasteiger partial charge in [-0.25, -0.2) is 0 Å². The second-order valence-corrected chi connectivity index (χ2v) is 6.97. The first-order chi connectivity index (χ1) is 8.28. The number of nitrogens with zero attached hydrogens (tertiary/aromatic N) is 1. The van der Waals surface area contributed by atoms with Crippen molar-refractivity contribution in [2.45, 2.75) is 32.1 Å². The minimum atomic E-state index is -3.57. The Morgan fingerprint density at radius 2 is 1.78 bits per heavy atom. The lowest BCUT2D eigenvalue weighted by Crippen LogP contribution is -2.07. The van der Waals surface area contributed by atoms with Crippen molar-refractivity contribution < 1.29 is 8.42 Å². The Morgan fingerprint density at radius 3 is 2.28 bits per heavy atom. The van der Waals surface area contributed by atoms with Gasteiger partial charge >= 0.3 is 0 Å². The topological polar surface area (TPSA) is 46.5 Å². The molecule has 3 nitrogen and oxygen atoms in total. The second kappa shape index (κ2) is 4.35. The quantitative estimate of drug-likeness (QED) is 0.823. The van der Waals surface area contributed by atoms with E-state index in [1.165, 1.54) is 0 Å². The molecule has 0 bridgehead atoms. The highest BCUT2D eigenvalue weighted by Gasteiger charge is 2.24. The molecule has 0 saturated heterocycles. The Balaban J connectivity index is 2.32. The van der Waals surface area contributed by atoms with E-state index in [4.69, 9.17) is 0 Å². The van der Waals surface area contributed by atoms with Gasteiger partial charge in [-0.15, -0.1) is 0 Å². The van der Waals surface area contributed by atoms with Gasteiger partial charge in [-0.3, -0.25) is 0 Å². The van der Waals surface area contributed by atoms with Crippen molar-refractivity contribution in [2.24, 2.45) is 9.81 Å². The van der Waals surface area contributed by atoms with Crippen LogP contribution in [0.1, 0.15) is 25.8 Å². The summed E-state index contributed by atoms with van der Waals surface area (Å²) >= 11 is 0. The number of sulfonamides is 1. The Hall–Kier alpha value is -1.42. The molecule has 1 aromatic carbocycles. The fourth-order valence-electron chi connectivity index (χ4n) is 1.89.